The summed E-state index contributed by atoms with van der Waals surface area (Å²) in [6.45, 7) is 5.99. The molecule has 34 nitrogen and oxygen atoms in total. The lowest BCUT2D eigenvalue weighted by Crippen LogP contribution is -2.62. The molecule has 0 spiro atoms. The van der Waals surface area contributed by atoms with Crippen LogP contribution in [0.5, 0.6) is 11.5 Å². The lowest BCUT2D eigenvalue weighted by atomic mass is 9.95. The second kappa shape index (κ2) is 46.9. The fourth-order valence-electron chi connectivity index (χ4n) is 15.2. The van der Waals surface area contributed by atoms with Crippen LogP contribution in [0.15, 0.2) is 157 Å². The zero-order valence-corrected chi connectivity index (χ0v) is 74.8. The molecule has 1 aromatic heterocycles. The SMILES string of the molecule is CCCC[C@H]1C(=O)N(C)CC(=O)N[C@@H](CC(=O)O)C(=O)N[C@@H](C(C)C)C(=O)N(C)[C@@H](Cc2ccccc2)C(=O)N[C@H]2Cc3ccc(O)cc3N(CC(=O)N[C@@H](Cc3csc4ccccc34)C(=O)NC(Cc3ccc(O)cc3)C(=O)N[C@@H](CC(C)C)C(=O)N[C@H](C(=O)NCC(N)=O)CSCC(=O)N[C@@H](Cc3ccc(F)cc3)C(=O)N(C)[C@@H](Cc3ccccc3)C(=O)N1C)C2=O. The van der Waals surface area contributed by atoms with Crippen molar-refractivity contribution in [1.29, 1.82) is 0 Å². The van der Waals surface area contributed by atoms with Crippen LogP contribution < -0.4 is 58.5 Å². The van der Waals surface area contributed by atoms with Crippen molar-refractivity contribution in [3.63, 3.8) is 0 Å². The molecule has 15 amide bonds. The van der Waals surface area contributed by atoms with Gasteiger partial charge in [-0.25, -0.2) is 4.39 Å². The number of primary amides is 1. The smallest absolute Gasteiger partial charge is 0.305 e. The lowest BCUT2D eigenvalue weighted by Gasteiger charge is -2.37. The number of halogens is 1. The minimum atomic E-state index is -1.92. The number of hydrogen-bond acceptors (Lipinski definition) is 20. The zero-order valence-electron chi connectivity index (χ0n) is 73.2. The van der Waals surface area contributed by atoms with E-state index >= 15 is 38.4 Å². The molecule has 1 fully saturated rings. The molecule has 14 N–H and O–H groups in total. The van der Waals surface area contributed by atoms with Gasteiger partial charge in [-0.3, -0.25) is 76.7 Å². The summed E-state index contributed by atoms with van der Waals surface area (Å²) < 4.78 is 15.4. The maximum absolute atomic E-state index is 15.5. The van der Waals surface area contributed by atoms with Gasteiger partial charge < -0.3 is 93.4 Å². The van der Waals surface area contributed by atoms with E-state index in [1.54, 1.807) is 112 Å². The second-order valence-electron chi connectivity index (χ2n) is 33.0. The maximum Gasteiger partial charge on any atom is 0.305 e. The van der Waals surface area contributed by atoms with Gasteiger partial charge in [-0.2, -0.15) is 0 Å². The first kappa shape index (κ1) is 99.5. The van der Waals surface area contributed by atoms with Gasteiger partial charge in [0.05, 0.1) is 31.0 Å². The van der Waals surface area contributed by atoms with Crippen molar-refractivity contribution < 1.29 is 96.4 Å². The first-order chi connectivity index (χ1) is 61.4. The lowest BCUT2D eigenvalue weighted by molar-refractivity contribution is -0.151. The van der Waals surface area contributed by atoms with Crippen molar-refractivity contribution in [1.82, 2.24) is 67.5 Å². The van der Waals surface area contributed by atoms with Crippen LogP contribution in [-0.4, -0.2) is 255 Å². The topological polar surface area (TPSA) is 484 Å². The van der Waals surface area contributed by atoms with Crippen LogP contribution in [0.2, 0.25) is 0 Å². The number of carbonyl (C=O) groups is 16. The number of nitrogens with one attached hydrogen (secondary N) is 9. The Balaban J connectivity index is 1.12. The van der Waals surface area contributed by atoms with Crippen molar-refractivity contribution >= 4 is 133 Å². The van der Waals surface area contributed by atoms with Crippen LogP contribution in [0.25, 0.3) is 10.1 Å². The third-order valence-electron chi connectivity index (χ3n) is 22.2. The van der Waals surface area contributed by atoms with Crippen molar-refractivity contribution in [3.8, 4) is 11.5 Å². The van der Waals surface area contributed by atoms with E-state index in [1.165, 1.54) is 94.1 Å². The van der Waals surface area contributed by atoms with Gasteiger partial charge in [0.1, 0.15) is 90.3 Å². The number of phenolic OH excluding ortho intramolecular Hbond substituents is 2. The predicted octanol–water partition coefficient (Wildman–Crippen LogP) is 3.09. The number of amides is 15. The summed E-state index contributed by atoms with van der Waals surface area (Å²) in [5.74, 6) is -18.8. The van der Waals surface area contributed by atoms with Gasteiger partial charge in [-0.05, 0) is 105 Å². The van der Waals surface area contributed by atoms with Crippen molar-refractivity contribution in [2.45, 2.75) is 172 Å². The molecular formula is C92H112FN15O19S2. The molecule has 3 heterocycles. The minimum absolute atomic E-state index is 0.00171. The Morgan fingerprint density at radius 3 is 1.68 bits per heavy atom. The van der Waals surface area contributed by atoms with Crippen molar-refractivity contribution in [2.75, 3.05) is 64.2 Å². The summed E-state index contributed by atoms with van der Waals surface area (Å²) in [4.78, 5) is 240. The Bertz CT molecular complexity index is 5200. The molecule has 2 aliphatic rings. The number of benzene rings is 6. The number of unbranched alkanes of at least 4 members (excludes halogenated alkanes) is 1. The van der Waals surface area contributed by atoms with E-state index in [1.807, 2.05) is 13.0 Å². The highest BCUT2D eigenvalue weighted by Gasteiger charge is 2.44. The average Bonchev–Trinajstić information content (AvgIpc) is 1.17. The first-order valence-corrected chi connectivity index (χ1v) is 44.4. The van der Waals surface area contributed by atoms with Crippen LogP contribution in [0.3, 0.4) is 0 Å². The number of hydrogen-bond donors (Lipinski definition) is 13. The van der Waals surface area contributed by atoms with Crippen LogP contribution in [-0.2, 0) is 115 Å². The molecule has 6 aromatic carbocycles. The molecular weight excluding hydrogens is 1700 g/mol. The standard InChI is InChI=1S/C92H112FN15O19S2/c1-10-11-25-71-90(125)104(6)47-77(112)97-67(45-80(115)116)86(121)103-81(53(4)5)92(127)106(8)73(40-54-20-14-12-15-21-54)87(122)101-69-42-58-31-36-62(110)44-72(58)108(89(69)124)48-78(113)96-66(43-59-49-129-75-26-19-18-24-63(59)75)85(120)100-65(38-57-29-34-61(109)35-30-57)84(119)99-64(37-52(2)3)83(118)102-70(82(117)95-46-76(94)111)50-128-51-79(114)98-68(39-56-27-32-60(93)33-28-56)88(123)107(9)74(91(126)105(71)7)41-55-22-16-13-17-23-55/h12-24,26-36,44,49,52-53,64-71,73-74,81,109-110H,10-11,25,37-43,45-48,50-51H2,1-9H3,(H2,94,111)(H,95,117)(H,96,113)(H,97,112)(H,98,114)(H,99,119)(H,100,120)(H,101,122)(H,102,118)(H,103,121)(H,115,116)/t64-,65?,66-,67-,68-,69-,70-,71-,73-,74-,81-/m0/s1. The largest absolute Gasteiger partial charge is 0.508 e. The summed E-state index contributed by atoms with van der Waals surface area (Å²) >= 11 is 2.12. The molecule has 2 bridgehead atoms. The van der Waals surface area contributed by atoms with Gasteiger partial charge in [-0.15, -0.1) is 23.1 Å². The number of fused-ring (bicyclic) bond motifs is 5. The molecule has 2 aliphatic heterocycles. The van der Waals surface area contributed by atoms with Crippen molar-refractivity contribution in [3.05, 3.63) is 196 Å². The Hall–Kier alpha value is -13.3. The molecule has 0 aliphatic carbocycles. The zero-order chi connectivity index (χ0) is 94.0. The van der Waals surface area contributed by atoms with Crippen LogP contribution >= 0.6 is 23.1 Å². The second-order valence-corrected chi connectivity index (χ2v) is 34.9. The van der Waals surface area contributed by atoms with E-state index < -0.39 is 210 Å². The van der Waals surface area contributed by atoms with Gasteiger partial charge in [0.2, 0.25) is 88.6 Å². The minimum Gasteiger partial charge on any atom is -0.508 e. The number of aliphatic carboxylic acids is 1. The number of aromatic hydroxyl groups is 2. The number of rotatable bonds is 21. The third-order valence-corrected chi connectivity index (χ3v) is 24.3. The quantitative estimate of drug-likeness (QED) is 0.0491. The summed E-state index contributed by atoms with van der Waals surface area (Å²) in [6, 6.07) is 21.7. The average molecular weight is 1820 g/mol. The number of nitrogens with zero attached hydrogens (tertiary/aromatic N) is 5. The van der Waals surface area contributed by atoms with Crippen molar-refractivity contribution in [2.24, 2.45) is 17.6 Å². The molecule has 7 aromatic rings. The Morgan fingerprint density at radius 1 is 0.527 bits per heavy atom. The highest BCUT2D eigenvalue weighted by Crippen LogP contribution is 2.33. The number of carboxylic acid groups (broad SMARTS) is 1. The number of nitrogens with two attached hydrogens (primary N) is 1. The Kier molecular flexibility index (Phi) is 36.2. The van der Waals surface area contributed by atoms with Gasteiger partial charge in [-0.1, -0.05) is 157 Å². The van der Waals surface area contributed by atoms with E-state index in [9.17, 15) is 58.1 Å². The molecule has 0 radical (unpaired) electrons. The number of phenols is 2. The maximum atomic E-state index is 15.5. The number of anilines is 1. The molecule has 11 atom stereocenters. The van der Waals surface area contributed by atoms with Crippen LogP contribution in [0.1, 0.15) is 100 Å². The number of thioether (sulfide) groups is 1. The van der Waals surface area contributed by atoms with E-state index in [0.29, 0.717) is 51.6 Å². The van der Waals surface area contributed by atoms with E-state index in [2.05, 4.69) is 47.9 Å². The van der Waals surface area contributed by atoms with E-state index in [-0.39, 0.29) is 74.5 Å². The molecule has 129 heavy (non-hydrogen) atoms. The number of carboxylic acids is 1. The molecule has 0 saturated carbocycles. The molecule has 9 rings (SSSR count). The molecule has 37 heteroatoms. The van der Waals surface area contributed by atoms with Gasteiger partial charge in [0.15, 0.2) is 0 Å². The van der Waals surface area contributed by atoms with Crippen LogP contribution in [0.4, 0.5) is 10.1 Å². The highest BCUT2D eigenvalue weighted by molar-refractivity contribution is 8.00. The number of likely N-dealkylation sites (N-methyl/N-ethyl adjacent to an activating group) is 4. The number of thiophene rings is 1. The van der Waals surface area contributed by atoms with Gasteiger partial charge in [0, 0.05) is 83.2 Å². The summed E-state index contributed by atoms with van der Waals surface area (Å²) in [6.07, 6.45) is -1.80. The predicted molar refractivity (Wildman–Crippen MR) is 480 cm³/mol. The molecule has 1 saturated heterocycles. The van der Waals surface area contributed by atoms with Gasteiger partial charge >= 0.3 is 5.97 Å². The Labute approximate surface area is 754 Å². The van der Waals surface area contributed by atoms with E-state index in [4.69, 9.17) is 5.73 Å². The third kappa shape index (κ3) is 28.3. The fraction of sp³-hybridized carbons (Fsp3) is 0.413. The van der Waals surface area contributed by atoms with E-state index in [0.717, 1.165) is 53.1 Å². The van der Waals surface area contributed by atoms with Crippen LogP contribution in [0, 0.1) is 17.7 Å². The first-order valence-electron chi connectivity index (χ1n) is 42.4. The normalized spacial score (nSPS) is 22.2. The molecule has 688 valence electrons. The fourth-order valence-corrected chi connectivity index (χ4v) is 17.1. The molecule has 1 unspecified atom stereocenters. The highest BCUT2D eigenvalue weighted by atomic mass is 32.2. The monoisotopic (exact) mass is 1810 g/mol. The summed E-state index contributed by atoms with van der Waals surface area (Å²) in [5.41, 5.74) is 8.20. The Morgan fingerprint density at radius 2 is 1.06 bits per heavy atom. The van der Waals surface area contributed by atoms with Gasteiger partial charge in [0.25, 0.3) is 0 Å². The summed E-state index contributed by atoms with van der Waals surface area (Å²) in [7, 11) is 5.17. The number of carbonyl (C=O) groups excluding carboxylic acids is 15. The summed E-state index contributed by atoms with van der Waals surface area (Å²) in [5, 5.41) is 57.9.